The van der Waals surface area contributed by atoms with Crippen LogP contribution in [0.25, 0.3) is 10.2 Å². The molecule has 0 unspecified atom stereocenters. The van der Waals surface area contributed by atoms with E-state index in [9.17, 15) is 4.79 Å². The summed E-state index contributed by atoms with van der Waals surface area (Å²) in [6.45, 7) is 7.87. The maximum atomic E-state index is 12.6. The third-order valence-corrected chi connectivity index (χ3v) is 5.95. The van der Waals surface area contributed by atoms with E-state index in [1.807, 2.05) is 30.9 Å². The van der Waals surface area contributed by atoms with Crippen molar-refractivity contribution in [2.45, 2.75) is 26.8 Å². The second-order valence-electron chi connectivity index (χ2n) is 6.71. The van der Waals surface area contributed by atoms with Crippen molar-refractivity contribution in [3.8, 4) is 0 Å². The zero-order valence-electron chi connectivity index (χ0n) is 15.1. The predicted octanol–water partition coefficient (Wildman–Crippen LogP) is 2.79. The topological polar surface area (TPSA) is 62.5 Å². The third-order valence-electron chi connectivity index (χ3n) is 4.93. The minimum Gasteiger partial charge on any atom is -0.361 e. The Labute approximate surface area is 156 Å². The normalized spacial score (nSPS) is 15.7. The molecule has 1 saturated heterocycles. The molecular weight excluding hydrogens is 348 g/mol. The van der Waals surface area contributed by atoms with E-state index >= 15 is 0 Å². The van der Waals surface area contributed by atoms with Crippen LogP contribution in [0.2, 0.25) is 0 Å². The van der Waals surface area contributed by atoms with Gasteiger partial charge in [0.25, 0.3) is 0 Å². The molecule has 1 fully saturated rings. The first-order valence-corrected chi connectivity index (χ1v) is 9.68. The number of thiazole rings is 1. The lowest BCUT2D eigenvalue weighted by molar-refractivity contribution is -0.132. The first kappa shape index (κ1) is 17.2. The minimum atomic E-state index is 0.152. The minimum absolute atomic E-state index is 0.152. The van der Waals surface area contributed by atoms with Crippen molar-refractivity contribution in [1.29, 1.82) is 0 Å². The zero-order valence-corrected chi connectivity index (χ0v) is 15.9. The molecule has 136 valence electrons. The Morgan fingerprint density at radius 3 is 2.65 bits per heavy atom. The van der Waals surface area contributed by atoms with Gasteiger partial charge < -0.3 is 9.42 Å². The molecule has 0 bridgehead atoms. The van der Waals surface area contributed by atoms with Crippen LogP contribution in [0.5, 0.6) is 0 Å². The molecule has 0 aliphatic carbocycles. The Balaban J connectivity index is 1.33. The molecule has 1 aliphatic rings. The number of hydrogen-bond acceptors (Lipinski definition) is 6. The van der Waals surface area contributed by atoms with Crippen molar-refractivity contribution in [1.82, 2.24) is 19.9 Å². The number of rotatable bonds is 4. The molecule has 26 heavy (non-hydrogen) atoms. The first-order chi connectivity index (χ1) is 12.6. The number of aryl methyl sites for hydroxylation is 2. The van der Waals surface area contributed by atoms with Crippen LogP contribution < -0.4 is 0 Å². The highest BCUT2D eigenvalue weighted by Gasteiger charge is 2.23. The molecule has 7 heteroatoms. The number of benzene rings is 1. The highest BCUT2D eigenvalue weighted by Crippen LogP contribution is 2.23. The van der Waals surface area contributed by atoms with Crippen LogP contribution in [0.15, 0.2) is 28.8 Å². The van der Waals surface area contributed by atoms with Crippen LogP contribution in [0.1, 0.15) is 22.0 Å². The van der Waals surface area contributed by atoms with Crippen LogP contribution in [0.3, 0.4) is 0 Å². The fourth-order valence-corrected chi connectivity index (χ4v) is 4.36. The molecule has 1 amide bonds. The summed E-state index contributed by atoms with van der Waals surface area (Å²) in [5, 5.41) is 5.07. The van der Waals surface area contributed by atoms with Gasteiger partial charge in [0.05, 0.1) is 28.9 Å². The van der Waals surface area contributed by atoms with Crippen LogP contribution >= 0.6 is 11.3 Å². The number of nitrogens with zero attached hydrogens (tertiary/aromatic N) is 4. The molecule has 4 rings (SSSR count). The van der Waals surface area contributed by atoms with Gasteiger partial charge in [-0.15, -0.1) is 11.3 Å². The summed E-state index contributed by atoms with van der Waals surface area (Å²) in [4.78, 5) is 21.6. The second-order valence-corrected chi connectivity index (χ2v) is 7.83. The van der Waals surface area contributed by atoms with Crippen molar-refractivity contribution < 1.29 is 9.32 Å². The highest BCUT2D eigenvalue weighted by atomic mass is 32.1. The molecule has 1 aromatic carbocycles. The standard InChI is InChI=1S/C19H22N4O2S/c1-13-15(14(2)25-21-13)11-19(24)23-9-7-22(8-10-23)12-18-20-16-5-3-4-6-17(16)26-18/h3-6H,7-12H2,1-2H3. The number of para-hydroxylation sites is 1. The van der Waals surface area contributed by atoms with Crippen LogP contribution in [0, 0.1) is 13.8 Å². The molecule has 0 atom stereocenters. The Hall–Kier alpha value is -2.25. The van der Waals surface area contributed by atoms with Gasteiger partial charge in [-0.1, -0.05) is 17.3 Å². The molecular formula is C19H22N4O2S. The maximum Gasteiger partial charge on any atom is 0.227 e. The monoisotopic (exact) mass is 370 g/mol. The summed E-state index contributed by atoms with van der Waals surface area (Å²) >= 11 is 1.75. The Bertz CT molecular complexity index is 872. The van der Waals surface area contributed by atoms with Crippen molar-refractivity contribution in [3.63, 3.8) is 0 Å². The predicted molar refractivity (Wildman–Crippen MR) is 101 cm³/mol. The number of carbonyl (C=O) groups is 1. The van der Waals surface area contributed by atoms with E-state index in [0.29, 0.717) is 6.42 Å². The largest absolute Gasteiger partial charge is 0.361 e. The molecule has 1 aliphatic heterocycles. The summed E-state index contributed by atoms with van der Waals surface area (Å²) in [7, 11) is 0. The SMILES string of the molecule is Cc1noc(C)c1CC(=O)N1CCN(Cc2nc3ccccc3s2)CC1. The van der Waals surface area contributed by atoms with Gasteiger partial charge in [0.2, 0.25) is 5.91 Å². The molecule has 0 N–H and O–H groups in total. The molecule has 3 heterocycles. The lowest BCUT2D eigenvalue weighted by Crippen LogP contribution is -2.48. The zero-order chi connectivity index (χ0) is 18.1. The lowest BCUT2D eigenvalue weighted by Gasteiger charge is -2.34. The highest BCUT2D eigenvalue weighted by molar-refractivity contribution is 7.18. The van der Waals surface area contributed by atoms with Crippen LogP contribution in [0.4, 0.5) is 0 Å². The second kappa shape index (κ2) is 7.17. The van der Waals surface area contributed by atoms with E-state index in [1.54, 1.807) is 11.3 Å². The summed E-state index contributed by atoms with van der Waals surface area (Å²) in [5.41, 5.74) is 2.80. The summed E-state index contributed by atoms with van der Waals surface area (Å²) in [6, 6.07) is 8.24. The van der Waals surface area contributed by atoms with Gasteiger partial charge in [0.1, 0.15) is 10.8 Å². The Morgan fingerprint density at radius 1 is 1.19 bits per heavy atom. The lowest BCUT2D eigenvalue weighted by atomic mass is 10.1. The van der Waals surface area contributed by atoms with Crippen molar-refractivity contribution in [3.05, 3.63) is 46.3 Å². The Morgan fingerprint density at radius 2 is 1.96 bits per heavy atom. The average molecular weight is 370 g/mol. The number of piperazine rings is 1. The van der Waals surface area contributed by atoms with Gasteiger partial charge in [-0.2, -0.15) is 0 Å². The average Bonchev–Trinajstić information content (AvgIpc) is 3.19. The Kier molecular flexibility index (Phi) is 4.74. The van der Waals surface area contributed by atoms with Crippen LogP contribution in [-0.2, 0) is 17.8 Å². The third kappa shape index (κ3) is 3.50. The molecule has 3 aromatic rings. The van der Waals surface area contributed by atoms with Gasteiger partial charge in [0.15, 0.2) is 0 Å². The van der Waals surface area contributed by atoms with Crippen molar-refractivity contribution in [2.24, 2.45) is 0 Å². The quantitative estimate of drug-likeness (QED) is 0.707. The van der Waals surface area contributed by atoms with Gasteiger partial charge >= 0.3 is 0 Å². The number of hydrogen-bond donors (Lipinski definition) is 0. The molecule has 0 saturated carbocycles. The van der Waals surface area contributed by atoms with Gasteiger partial charge in [0, 0.05) is 31.7 Å². The smallest absolute Gasteiger partial charge is 0.227 e. The molecule has 2 aromatic heterocycles. The van der Waals surface area contributed by atoms with Crippen LogP contribution in [-0.4, -0.2) is 52.0 Å². The first-order valence-electron chi connectivity index (χ1n) is 8.86. The molecule has 6 nitrogen and oxygen atoms in total. The fourth-order valence-electron chi connectivity index (χ4n) is 3.35. The van der Waals surface area contributed by atoms with E-state index in [4.69, 9.17) is 9.51 Å². The van der Waals surface area contributed by atoms with Crippen molar-refractivity contribution >= 4 is 27.5 Å². The van der Waals surface area contributed by atoms with E-state index in [2.05, 4.69) is 22.2 Å². The fraction of sp³-hybridized carbons (Fsp3) is 0.421. The van der Waals surface area contributed by atoms with E-state index in [-0.39, 0.29) is 5.91 Å². The summed E-state index contributed by atoms with van der Waals surface area (Å²) in [6.07, 6.45) is 0.374. The van der Waals surface area contributed by atoms with E-state index in [1.165, 1.54) is 4.70 Å². The maximum absolute atomic E-state index is 12.6. The molecule has 0 spiro atoms. The van der Waals surface area contributed by atoms with Crippen molar-refractivity contribution in [2.75, 3.05) is 26.2 Å². The number of aromatic nitrogens is 2. The van der Waals surface area contributed by atoms with Gasteiger partial charge in [-0.3, -0.25) is 9.69 Å². The summed E-state index contributed by atoms with van der Waals surface area (Å²) in [5.74, 6) is 0.893. The number of fused-ring (bicyclic) bond motifs is 1. The molecule has 0 radical (unpaired) electrons. The van der Waals surface area contributed by atoms with Gasteiger partial charge in [-0.05, 0) is 26.0 Å². The summed E-state index contributed by atoms with van der Waals surface area (Å²) < 4.78 is 6.39. The number of carbonyl (C=O) groups excluding carboxylic acids is 1. The number of amides is 1. The van der Waals surface area contributed by atoms with Gasteiger partial charge in [-0.25, -0.2) is 4.98 Å². The van der Waals surface area contributed by atoms with E-state index < -0.39 is 0 Å². The van der Waals surface area contributed by atoms with E-state index in [0.717, 1.165) is 60.3 Å².